The van der Waals surface area contributed by atoms with Gasteiger partial charge in [-0.05, 0) is 37.6 Å². The zero-order valence-electron chi connectivity index (χ0n) is 12.1. The Bertz CT molecular complexity index is 835. The van der Waals surface area contributed by atoms with Gasteiger partial charge in [0.2, 0.25) is 5.75 Å². The molecule has 2 aromatic rings. The first-order valence-electron chi connectivity index (χ1n) is 6.39. The van der Waals surface area contributed by atoms with Crippen LogP contribution < -0.4 is 0 Å². The van der Waals surface area contributed by atoms with Crippen LogP contribution in [-0.2, 0) is 0 Å². The molecule has 0 spiro atoms. The van der Waals surface area contributed by atoms with Crippen molar-refractivity contribution in [3.05, 3.63) is 60.1 Å². The van der Waals surface area contributed by atoms with Crippen molar-refractivity contribution >= 4 is 52.4 Å². The molecule has 2 rings (SSSR count). The highest BCUT2D eigenvalue weighted by atomic mass is 35.5. The van der Waals surface area contributed by atoms with Gasteiger partial charge >= 0.3 is 5.69 Å². The van der Waals surface area contributed by atoms with Crippen molar-refractivity contribution in [1.29, 1.82) is 0 Å². The number of phenols is 1. The Hall–Kier alpha value is -1.82. The molecule has 0 atom stereocenters. The largest absolute Gasteiger partial charge is 0.502 e. The van der Waals surface area contributed by atoms with Crippen molar-refractivity contribution in [3.8, 4) is 5.75 Å². The standard InChI is InChI=1S/C15H11Cl3N2O3/c1-7-10(6-19-12-4-3-9(16)5-11(12)17)15(21)14(20(22)23)8(2)13(7)18/h3-6,21H,1-2H3. The van der Waals surface area contributed by atoms with Crippen molar-refractivity contribution in [1.82, 2.24) is 0 Å². The minimum absolute atomic E-state index is 0.165. The van der Waals surface area contributed by atoms with E-state index in [4.69, 9.17) is 34.8 Å². The summed E-state index contributed by atoms with van der Waals surface area (Å²) >= 11 is 17.9. The Kier molecular flexibility index (Phi) is 5.14. The van der Waals surface area contributed by atoms with Crippen LogP contribution in [0.2, 0.25) is 15.1 Å². The molecule has 0 aliphatic heterocycles. The zero-order chi connectivity index (χ0) is 17.3. The van der Waals surface area contributed by atoms with E-state index in [9.17, 15) is 15.2 Å². The second-order valence-electron chi connectivity index (χ2n) is 4.79. The molecule has 120 valence electrons. The van der Waals surface area contributed by atoms with Gasteiger partial charge in [-0.1, -0.05) is 34.8 Å². The molecule has 0 saturated heterocycles. The summed E-state index contributed by atoms with van der Waals surface area (Å²) < 4.78 is 0. The van der Waals surface area contributed by atoms with E-state index in [1.165, 1.54) is 19.2 Å². The number of hydrogen-bond donors (Lipinski definition) is 1. The summed E-state index contributed by atoms with van der Waals surface area (Å²) in [4.78, 5) is 14.6. The Labute approximate surface area is 147 Å². The van der Waals surface area contributed by atoms with E-state index in [0.29, 0.717) is 21.3 Å². The predicted octanol–water partition coefficient (Wildman–Crippen LogP) is 5.63. The van der Waals surface area contributed by atoms with Crippen molar-refractivity contribution in [2.75, 3.05) is 0 Å². The van der Waals surface area contributed by atoms with Crippen molar-refractivity contribution < 1.29 is 10.0 Å². The number of halogens is 3. The number of hydrogen-bond acceptors (Lipinski definition) is 4. The molecule has 0 aliphatic rings. The van der Waals surface area contributed by atoms with Gasteiger partial charge in [0.25, 0.3) is 0 Å². The van der Waals surface area contributed by atoms with Gasteiger partial charge in [-0.25, -0.2) is 0 Å². The van der Waals surface area contributed by atoms with E-state index in [2.05, 4.69) is 4.99 Å². The SMILES string of the molecule is Cc1c(Cl)c(C)c([N+](=O)[O-])c(O)c1C=Nc1ccc(Cl)cc1Cl. The molecule has 0 saturated carbocycles. The van der Waals surface area contributed by atoms with Gasteiger partial charge < -0.3 is 5.11 Å². The molecule has 5 nitrogen and oxygen atoms in total. The topological polar surface area (TPSA) is 75.7 Å². The van der Waals surface area contributed by atoms with E-state index in [1.54, 1.807) is 19.1 Å². The Balaban J connectivity index is 2.60. The fourth-order valence-electron chi connectivity index (χ4n) is 2.09. The van der Waals surface area contributed by atoms with E-state index < -0.39 is 16.4 Å². The number of benzene rings is 2. The molecular weight excluding hydrogens is 363 g/mol. The average molecular weight is 374 g/mol. The summed E-state index contributed by atoms with van der Waals surface area (Å²) in [5, 5.41) is 22.3. The van der Waals surface area contributed by atoms with Crippen molar-refractivity contribution in [2.45, 2.75) is 13.8 Å². The van der Waals surface area contributed by atoms with Gasteiger partial charge in [0.1, 0.15) is 0 Å². The second-order valence-corrected chi connectivity index (χ2v) is 6.01. The molecule has 2 aromatic carbocycles. The van der Waals surface area contributed by atoms with E-state index in [-0.39, 0.29) is 16.1 Å². The van der Waals surface area contributed by atoms with Crippen LogP contribution in [0, 0.1) is 24.0 Å². The number of phenolic OH excluding ortho intramolecular Hbond substituents is 1. The van der Waals surface area contributed by atoms with Crippen LogP contribution in [0.5, 0.6) is 5.75 Å². The molecule has 0 bridgehead atoms. The van der Waals surface area contributed by atoms with E-state index in [1.807, 2.05) is 0 Å². The van der Waals surface area contributed by atoms with Gasteiger partial charge in [0, 0.05) is 22.4 Å². The van der Waals surface area contributed by atoms with Crippen LogP contribution >= 0.6 is 34.8 Å². The van der Waals surface area contributed by atoms with Crippen LogP contribution in [0.3, 0.4) is 0 Å². The number of aromatic hydroxyl groups is 1. The molecule has 0 aromatic heterocycles. The van der Waals surface area contributed by atoms with Gasteiger partial charge in [-0.3, -0.25) is 15.1 Å². The monoisotopic (exact) mass is 372 g/mol. The summed E-state index contributed by atoms with van der Waals surface area (Å²) in [7, 11) is 0. The number of aliphatic imine (C=N–C) groups is 1. The summed E-state index contributed by atoms with van der Waals surface area (Å²) in [6.07, 6.45) is 1.29. The van der Waals surface area contributed by atoms with E-state index in [0.717, 1.165) is 0 Å². The molecule has 0 fully saturated rings. The molecule has 0 heterocycles. The molecule has 0 unspecified atom stereocenters. The van der Waals surface area contributed by atoms with Crippen molar-refractivity contribution in [2.24, 2.45) is 4.99 Å². The third-order valence-corrected chi connectivity index (χ3v) is 4.43. The first-order valence-corrected chi connectivity index (χ1v) is 7.52. The Morgan fingerprint density at radius 2 is 1.87 bits per heavy atom. The average Bonchev–Trinajstić information content (AvgIpc) is 2.46. The highest BCUT2D eigenvalue weighted by molar-refractivity contribution is 6.36. The number of nitro groups is 1. The molecule has 0 aliphatic carbocycles. The first kappa shape index (κ1) is 17.5. The van der Waals surface area contributed by atoms with Crippen LogP contribution in [0.4, 0.5) is 11.4 Å². The number of nitro benzene ring substituents is 1. The van der Waals surface area contributed by atoms with E-state index >= 15 is 0 Å². The molecule has 8 heteroatoms. The van der Waals surface area contributed by atoms with Crippen LogP contribution in [0.25, 0.3) is 0 Å². The lowest BCUT2D eigenvalue weighted by Crippen LogP contribution is -2.00. The van der Waals surface area contributed by atoms with Gasteiger partial charge in [-0.2, -0.15) is 0 Å². The quantitative estimate of drug-likeness (QED) is 0.430. The summed E-state index contributed by atoms with van der Waals surface area (Å²) in [6.45, 7) is 3.12. The third kappa shape index (κ3) is 3.42. The maximum atomic E-state index is 11.1. The molecule has 0 amide bonds. The number of rotatable bonds is 3. The minimum atomic E-state index is -0.678. The highest BCUT2D eigenvalue weighted by Gasteiger charge is 2.25. The smallest absolute Gasteiger partial charge is 0.315 e. The maximum absolute atomic E-state index is 11.1. The van der Waals surface area contributed by atoms with Crippen LogP contribution in [-0.4, -0.2) is 16.2 Å². The molecular formula is C15H11Cl3N2O3. The normalized spacial score (nSPS) is 11.2. The summed E-state index contributed by atoms with van der Waals surface area (Å²) in [5.41, 5.74) is 0.825. The lowest BCUT2D eigenvalue weighted by Gasteiger charge is -2.10. The van der Waals surface area contributed by atoms with Crippen molar-refractivity contribution in [3.63, 3.8) is 0 Å². The molecule has 0 radical (unpaired) electrons. The zero-order valence-corrected chi connectivity index (χ0v) is 14.4. The van der Waals surface area contributed by atoms with Crippen LogP contribution in [0.15, 0.2) is 23.2 Å². The molecule has 23 heavy (non-hydrogen) atoms. The lowest BCUT2D eigenvalue weighted by atomic mass is 10.0. The Morgan fingerprint density at radius 3 is 2.43 bits per heavy atom. The fraction of sp³-hybridized carbons (Fsp3) is 0.133. The second kappa shape index (κ2) is 6.74. The summed E-state index contributed by atoms with van der Waals surface area (Å²) in [6, 6.07) is 4.72. The van der Waals surface area contributed by atoms with Crippen LogP contribution in [0.1, 0.15) is 16.7 Å². The summed E-state index contributed by atoms with van der Waals surface area (Å²) in [5.74, 6) is -0.483. The highest BCUT2D eigenvalue weighted by Crippen LogP contribution is 2.40. The first-order chi connectivity index (χ1) is 10.7. The Morgan fingerprint density at radius 1 is 1.22 bits per heavy atom. The fourth-order valence-corrected chi connectivity index (χ4v) is 2.74. The maximum Gasteiger partial charge on any atom is 0.315 e. The minimum Gasteiger partial charge on any atom is -0.502 e. The van der Waals surface area contributed by atoms with Gasteiger partial charge in [-0.15, -0.1) is 0 Å². The number of nitrogens with zero attached hydrogens (tertiary/aromatic N) is 2. The lowest BCUT2D eigenvalue weighted by molar-refractivity contribution is -0.386. The molecule has 1 N–H and O–H groups in total. The predicted molar refractivity (Wildman–Crippen MR) is 93.0 cm³/mol. The van der Waals surface area contributed by atoms with Gasteiger partial charge in [0.15, 0.2) is 0 Å². The third-order valence-electron chi connectivity index (χ3n) is 3.32. The van der Waals surface area contributed by atoms with Gasteiger partial charge in [0.05, 0.1) is 20.7 Å².